The number of halogens is 2. The number of nitrogens with one attached hydrogen (secondary N) is 1. The number of hydrogen-bond donors (Lipinski definition) is 1. The Hall–Kier alpha value is -0.930. The van der Waals surface area contributed by atoms with Crippen molar-refractivity contribution in [2.24, 2.45) is 5.92 Å². The van der Waals surface area contributed by atoms with E-state index in [1.54, 1.807) is 12.1 Å². The predicted molar refractivity (Wildman–Crippen MR) is 61.1 cm³/mol. The van der Waals surface area contributed by atoms with Crippen LogP contribution in [0.5, 0.6) is 0 Å². The van der Waals surface area contributed by atoms with Crippen molar-refractivity contribution in [3.05, 3.63) is 34.6 Å². The first kappa shape index (κ1) is 11.6. The van der Waals surface area contributed by atoms with Gasteiger partial charge < -0.3 is 5.32 Å². The zero-order valence-electron chi connectivity index (χ0n) is 8.80. The standard InChI is InChI=1S/C12H13ClFNO/c13-12-8(2-1-3-10(12)14)6-9-7-15-5-4-11(9)16/h1-3,9,15H,4-7H2. The van der Waals surface area contributed by atoms with Gasteiger partial charge in [0.1, 0.15) is 11.6 Å². The number of piperidine rings is 1. The van der Waals surface area contributed by atoms with Crippen molar-refractivity contribution in [2.75, 3.05) is 13.1 Å². The van der Waals surface area contributed by atoms with Gasteiger partial charge in [0, 0.05) is 25.4 Å². The van der Waals surface area contributed by atoms with Crippen LogP contribution in [0.25, 0.3) is 0 Å². The zero-order chi connectivity index (χ0) is 11.5. The molecule has 2 nitrogen and oxygen atoms in total. The van der Waals surface area contributed by atoms with E-state index in [0.29, 0.717) is 24.9 Å². The molecule has 0 spiro atoms. The van der Waals surface area contributed by atoms with Gasteiger partial charge in [0.25, 0.3) is 0 Å². The lowest BCUT2D eigenvalue weighted by Gasteiger charge is -2.21. The van der Waals surface area contributed by atoms with Crippen molar-refractivity contribution in [1.82, 2.24) is 5.32 Å². The van der Waals surface area contributed by atoms with Gasteiger partial charge >= 0.3 is 0 Å². The van der Waals surface area contributed by atoms with Gasteiger partial charge in [-0.05, 0) is 18.1 Å². The molecule has 1 N–H and O–H groups in total. The largest absolute Gasteiger partial charge is 0.316 e. The molecular formula is C12H13ClFNO. The number of Topliss-reactive ketones (excluding diaryl/α,β-unsaturated/α-hetero) is 1. The SMILES string of the molecule is O=C1CCNCC1Cc1cccc(F)c1Cl. The molecule has 16 heavy (non-hydrogen) atoms. The molecule has 4 heteroatoms. The second-order valence-electron chi connectivity index (χ2n) is 4.03. The van der Waals surface area contributed by atoms with Gasteiger partial charge in [-0.1, -0.05) is 23.7 Å². The Kier molecular flexibility index (Phi) is 3.56. The molecule has 1 atom stereocenters. The van der Waals surface area contributed by atoms with E-state index in [-0.39, 0.29) is 16.7 Å². The molecular weight excluding hydrogens is 229 g/mol. The molecule has 0 saturated carbocycles. The molecule has 1 fully saturated rings. The Bertz CT molecular complexity index is 408. The van der Waals surface area contributed by atoms with Crippen LogP contribution in [0.2, 0.25) is 5.02 Å². The third-order valence-electron chi connectivity index (χ3n) is 2.89. The number of ketones is 1. The van der Waals surface area contributed by atoms with Crippen molar-refractivity contribution in [3.63, 3.8) is 0 Å². The summed E-state index contributed by atoms with van der Waals surface area (Å²) in [5, 5.41) is 3.30. The van der Waals surface area contributed by atoms with Crippen LogP contribution in [-0.4, -0.2) is 18.9 Å². The second kappa shape index (κ2) is 4.93. The van der Waals surface area contributed by atoms with E-state index in [1.807, 2.05) is 0 Å². The molecule has 1 unspecified atom stereocenters. The summed E-state index contributed by atoms with van der Waals surface area (Å²) in [6.45, 7) is 1.40. The van der Waals surface area contributed by atoms with Gasteiger partial charge in [0.15, 0.2) is 0 Å². The van der Waals surface area contributed by atoms with Crippen molar-refractivity contribution < 1.29 is 9.18 Å². The van der Waals surface area contributed by atoms with E-state index in [0.717, 1.165) is 6.54 Å². The van der Waals surface area contributed by atoms with Gasteiger partial charge in [-0.3, -0.25) is 4.79 Å². The Morgan fingerprint density at radius 1 is 1.50 bits per heavy atom. The van der Waals surface area contributed by atoms with Gasteiger partial charge in [-0.25, -0.2) is 4.39 Å². The highest BCUT2D eigenvalue weighted by atomic mass is 35.5. The lowest BCUT2D eigenvalue weighted by atomic mass is 9.91. The Morgan fingerprint density at radius 2 is 2.31 bits per heavy atom. The van der Waals surface area contributed by atoms with Crippen molar-refractivity contribution >= 4 is 17.4 Å². The lowest BCUT2D eigenvalue weighted by Crippen LogP contribution is -2.38. The van der Waals surface area contributed by atoms with Crippen molar-refractivity contribution in [2.45, 2.75) is 12.8 Å². The maximum atomic E-state index is 13.2. The van der Waals surface area contributed by atoms with Crippen LogP contribution in [0.15, 0.2) is 18.2 Å². The van der Waals surface area contributed by atoms with E-state index in [2.05, 4.69) is 5.32 Å². The van der Waals surface area contributed by atoms with E-state index in [1.165, 1.54) is 6.07 Å². The molecule has 1 aromatic rings. The lowest BCUT2D eigenvalue weighted by molar-refractivity contribution is -0.123. The number of carbonyl (C=O) groups excluding carboxylic acids is 1. The maximum Gasteiger partial charge on any atom is 0.142 e. The molecule has 2 rings (SSSR count). The highest BCUT2D eigenvalue weighted by Gasteiger charge is 2.23. The van der Waals surface area contributed by atoms with Gasteiger partial charge in [0.05, 0.1) is 5.02 Å². The van der Waals surface area contributed by atoms with Gasteiger partial charge in [0.2, 0.25) is 0 Å². The summed E-state index contributed by atoms with van der Waals surface area (Å²) in [5.74, 6) is -0.262. The quantitative estimate of drug-likeness (QED) is 0.860. The molecule has 86 valence electrons. The average molecular weight is 242 g/mol. The first-order chi connectivity index (χ1) is 7.68. The summed E-state index contributed by atoms with van der Waals surface area (Å²) in [5.41, 5.74) is 0.712. The Balaban J connectivity index is 2.14. The maximum absolute atomic E-state index is 13.2. The summed E-state index contributed by atoms with van der Waals surface area (Å²) in [6, 6.07) is 4.72. The minimum atomic E-state index is -0.421. The summed E-state index contributed by atoms with van der Waals surface area (Å²) < 4.78 is 13.2. The molecule has 0 aromatic heterocycles. The molecule has 1 aliphatic heterocycles. The summed E-state index contributed by atoms with van der Waals surface area (Å²) in [6.07, 6.45) is 1.07. The van der Waals surface area contributed by atoms with Gasteiger partial charge in [-0.15, -0.1) is 0 Å². The fraction of sp³-hybridized carbons (Fsp3) is 0.417. The smallest absolute Gasteiger partial charge is 0.142 e. The molecule has 0 amide bonds. The van der Waals surface area contributed by atoms with Crippen LogP contribution in [-0.2, 0) is 11.2 Å². The highest BCUT2D eigenvalue weighted by Crippen LogP contribution is 2.23. The number of rotatable bonds is 2. The minimum absolute atomic E-state index is 0.0759. The van der Waals surface area contributed by atoms with Crippen LogP contribution in [0.4, 0.5) is 4.39 Å². The third kappa shape index (κ3) is 2.42. The van der Waals surface area contributed by atoms with Crippen LogP contribution in [0.3, 0.4) is 0 Å². The molecule has 0 radical (unpaired) electrons. The van der Waals surface area contributed by atoms with Crippen LogP contribution < -0.4 is 5.32 Å². The fourth-order valence-corrected chi connectivity index (χ4v) is 2.17. The Labute approximate surface area is 98.8 Å². The summed E-state index contributed by atoms with van der Waals surface area (Å²) in [4.78, 5) is 11.6. The molecule has 0 bridgehead atoms. The molecule has 1 saturated heterocycles. The topological polar surface area (TPSA) is 29.1 Å². The number of hydrogen-bond acceptors (Lipinski definition) is 2. The fourth-order valence-electron chi connectivity index (χ4n) is 1.96. The minimum Gasteiger partial charge on any atom is -0.316 e. The molecule has 1 aliphatic rings. The van der Waals surface area contributed by atoms with E-state index >= 15 is 0 Å². The Morgan fingerprint density at radius 3 is 3.06 bits per heavy atom. The summed E-state index contributed by atoms with van der Waals surface area (Å²) >= 11 is 5.85. The first-order valence-electron chi connectivity index (χ1n) is 5.35. The predicted octanol–water partition coefficient (Wildman–Crippen LogP) is 2.20. The van der Waals surface area contributed by atoms with Crippen LogP contribution >= 0.6 is 11.6 Å². The monoisotopic (exact) mass is 241 g/mol. The van der Waals surface area contributed by atoms with Crippen molar-refractivity contribution in [1.29, 1.82) is 0 Å². The zero-order valence-corrected chi connectivity index (χ0v) is 9.56. The molecule has 1 heterocycles. The van der Waals surface area contributed by atoms with Crippen molar-refractivity contribution in [3.8, 4) is 0 Å². The number of benzene rings is 1. The van der Waals surface area contributed by atoms with E-state index in [9.17, 15) is 9.18 Å². The first-order valence-corrected chi connectivity index (χ1v) is 5.72. The molecule has 0 aliphatic carbocycles. The van der Waals surface area contributed by atoms with Crippen LogP contribution in [0.1, 0.15) is 12.0 Å². The average Bonchev–Trinajstić information content (AvgIpc) is 2.28. The molecule has 1 aromatic carbocycles. The van der Waals surface area contributed by atoms with E-state index in [4.69, 9.17) is 11.6 Å². The van der Waals surface area contributed by atoms with Gasteiger partial charge in [-0.2, -0.15) is 0 Å². The normalized spacial score (nSPS) is 21.1. The highest BCUT2D eigenvalue weighted by molar-refractivity contribution is 6.31. The van der Waals surface area contributed by atoms with Crippen LogP contribution in [0, 0.1) is 11.7 Å². The summed E-state index contributed by atoms with van der Waals surface area (Å²) in [7, 11) is 0. The third-order valence-corrected chi connectivity index (χ3v) is 3.32. The number of carbonyl (C=O) groups is 1. The second-order valence-corrected chi connectivity index (χ2v) is 4.41. The van der Waals surface area contributed by atoms with E-state index < -0.39 is 5.82 Å².